The maximum Gasteiger partial charge on any atom is 0.291 e. The van der Waals surface area contributed by atoms with E-state index >= 15 is 0 Å². The van der Waals surface area contributed by atoms with Crippen LogP contribution in [-0.4, -0.2) is 52.7 Å². The number of anilines is 1. The fraction of sp³-hybridized carbons (Fsp3) is 0.500. The van der Waals surface area contributed by atoms with Crippen molar-refractivity contribution in [2.45, 2.75) is 12.0 Å². The first-order chi connectivity index (χ1) is 10.7. The van der Waals surface area contributed by atoms with Gasteiger partial charge in [0.15, 0.2) is 5.13 Å². The molecule has 5 heterocycles. The number of nitrogens with zero attached hydrogens (tertiary/aromatic N) is 4. The number of hydrogen-bond acceptors (Lipinski definition) is 7. The number of hydrogen-bond donors (Lipinski definition) is 1. The molecule has 2 aromatic heterocycles. The molecule has 2 fully saturated rings. The molecule has 1 N–H and O–H groups in total. The van der Waals surface area contributed by atoms with Gasteiger partial charge < -0.3 is 4.74 Å². The topological polar surface area (TPSA) is 62.6 Å². The zero-order valence-corrected chi connectivity index (χ0v) is 12.6. The highest BCUT2D eigenvalue weighted by Crippen LogP contribution is 2.41. The number of ether oxygens (including phenoxy) is 1. The van der Waals surface area contributed by atoms with Gasteiger partial charge in [-0.3, -0.25) is 10.2 Å². The van der Waals surface area contributed by atoms with E-state index in [1.54, 1.807) is 6.07 Å². The number of pyridine rings is 1. The van der Waals surface area contributed by atoms with E-state index < -0.39 is 5.95 Å². The molecule has 3 aliphatic rings. The zero-order valence-electron chi connectivity index (χ0n) is 11.8. The Morgan fingerprint density at radius 1 is 1.41 bits per heavy atom. The lowest BCUT2D eigenvalue weighted by molar-refractivity contribution is 0.0364. The van der Waals surface area contributed by atoms with Gasteiger partial charge in [-0.1, -0.05) is 11.3 Å². The number of halogens is 1. The number of thiazole rings is 1. The van der Waals surface area contributed by atoms with Gasteiger partial charge in [-0.2, -0.15) is 4.39 Å². The fourth-order valence-corrected chi connectivity index (χ4v) is 4.49. The van der Waals surface area contributed by atoms with Crippen molar-refractivity contribution < 1.29 is 9.13 Å². The molecule has 0 aliphatic carbocycles. The summed E-state index contributed by atoms with van der Waals surface area (Å²) >= 11 is 1.30. The highest BCUT2D eigenvalue weighted by atomic mass is 32.1. The van der Waals surface area contributed by atoms with Crippen LogP contribution in [0.25, 0.3) is 10.3 Å². The van der Waals surface area contributed by atoms with Gasteiger partial charge in [0, 0.05) is 19.0 Å². The summed E-state index contributed by atoms with van der Waals surface area (Å²) in [5.41, 5.74) is 0.523. The smallest absolute Gasteiger partial charge is 0.291 e. The van der Waals surface area contributed by atoms with Crippen molar-refractivity contribution in [3.8, 4) is 0 Å². The number of nitrogens with one attached hydrogen (secondary N) is 1. The summed E-state index contributed by atoms with van der Waals surface area (Å²) in [5, 5.41) is 3.75. The van der Waals surface area contributed by atoms with Crippen LogP contribution in [0.3, 0.4) is 0 Å². The highest BCUT2D eigenvalue weighted by Gasteiger charge is 2.54. The van der Waals surface area contributed by atoms with Gasteiger partial charge in [0.05, 0.1) is 6.54 Å². The number of rotatable bonds is 1. The lowest BCUT2D eigenvalue weighted by atomic mass is 9.88. The fourth-order valence-electron chi connectivity index (χ4n) is 3.68. The third-order valence-corrected chi connectivity index (χ3v) is 5.61. The number of fused-ring (bicyclic) bond motifs is 4. The van der Waals surface area contributed by atoms with Crippen LogP contribution in [0.2, 0.25) is 0 Å². The van der Waals surface area contributed by atoms with E-state index in [0.717, 1.165) is 13.1 Å². The second kappa shape index (κ2) is 4.36. The molecule has 2 saturated heterocycles. The molecule has 0 saturated carbocycles. The Bertz CT molecular complexity index is 793. The van der Waals surface area contributed by atoms with Gasteiger partial charge in [-0.05, 0) is 25.1 Å². The first-order valence-corrected chi connectivity index (χ1v) is 8.18. The van der Waals surface area contributed by atoms with Crippen molar-refractivity contribution in [1.82, 2.24) is 14.9 Å². The van der Waals surface area contributed by atoms with Crippen molar-refractivity contribution in [3.05, 3.63) is 18.1 Å². The number of aromatic nitrogens is 2. The number of piperidine rings is 1. The Balaban J connectivity index is 1.35. The van der Waals surface area contributed by atoms with E-state index in [4.69, 9.17) is 4.74 Å². The molecule has 3 aliphatic heterocycles. The van der Waals surface area contributed by atoms with Crippen molar-refractivity contribution in [3.63, 3.8) is 0 Å². The largest absolute Gasteiger partial charge is 0.455 e. The molecule has 3 unspecified atom stereocenters. The first-order valence-electron chi connectivity index (χ1n) is 7.36. The van der Waals surface area contributed by atoms with E-state index in [2.05, 4.69) is 25.2 Å². The Morgan fingerprint density at radius 2 is 2.36 bits per heavy atom. The van der Waals surface area contributed by atoms with Crippen LogP contribution < -0.4 is 5.32 Å². The molecule has 0 aromatic carbocycles. The Labute approximate surface area is 130 Å². The van der Waals surface area contributed by atoms with Crippen molar-refractivity contribution in [2.24, 2.45) is 10.9 Å². The summed E-state index contributed by atoms with van der Waals surface area (Å²) in [6, 6.07) is 3.46. The summed E-state index contributed by atoms with van der Waals surface area (Å²) in [6.45, 7) is 3.95. The minimum atomic E-state index is -0.493. The van der Waals surface area contributed by atoms with E-state index in [0.29, 0.717) is 34.0 Å². The predicted octanol–water partition coefficient (Wildman–Crippen LogP) is 1.70. The molecule has 3 atom stereocenters. The van der Waals surface area contributed by atoms with Crippen LogP contribution in [0.15, 0.2) is 17.1 Å². The van der Waals surface area contributed by atoms with E-state index in [9.17, 15) is 4.39 Å². The second-order valence-electron chi connectivity index (χ2n) is 6.11. The minimum Gasteiger partial charge on any atom is -0.455 e. The number of aliphatic imine (C=N–C) groups is 1. The molecule has 2 bridgehead atoms. The summed E-state index contributed by atoms with van der Waals surface area (Å²) in [6.07, 6.45) is 1.19. The van der Waals surface area contributed by atoms with Crippen molar-refractivity contribution in [1.29, 1.82) is 0 Å². The standard InChI is InChI=1S/C14H14FN5OS/c15-10-2-1-9-11(18-10)22-13(17-9)19-12-16-6-14(21-12)7-20-4-3-8(14)5-20/h1-2,8H,3-7H2,(H,16,17,19). The molecule has 22 heavy (non-hydrogen) atoms. The van der Waals surface area contributed by atoms with E-state index in [-0.39, 0.29) is 5.60 Å². The molecular formula is C14H14FN5OS. The summed E-state index contributed by atoms with van der Waals surface area (Å²) in [4.78, 5) is 15.7. The monoisotopic (exact) mass is 319 g/mol. The second-order valence-corrected chi connectivity index (χ2v) is 7.09. The maximum atomic E-state index is 13.1. The van der Waals surface area contributed by atoms with Crippen LogP contribution in [-0.2, 0) is 4.74 Å². The molecular weight excluding hydrogens is 305 g/mol. The molecule has 114 valence electrons. The number of amidine groups is 1. The lowest BCUT2D eigenvalue weighted by Crippen LogP contribution is -2.46. The van der Waals surface area contributed by atoms with Crippen LogP contribution in [0, 0.1) is 11.9 Å². The van der Waals surface area contributed by atoms with Gasteiger partial charge in [-0.25, -0.2) is 15.0 Å². The van der Waals surface area contributed by atoms with Crippen LogP contribution in [0.1, 0.15) is 6.42 Å². The van der Waals surface area contributed by atoms with Crippen LogP contribution in [0.5, 0.6) is 0 Å². The summed E-state index contributed by atoms with van der Waals surface area (Å²) < 4.78 is 19.3. The molecule has 0 radical (unpaired) electrons. The van der Waals surface area contributed by atoms with Gasteiger partial charge >= 0.3 is 0 Å². The SMILES string of the molecule is Fc1ccc2nc(NC3=NCC4(CN5CCC4C5)O3)sc2n1. The van der Waals surface area contributed by atoms with Crippen molar-refractivity contribution >= 4 is 32.8 Å². The normalized spacial score (nSPS) is 32.7. The first kappa shape index (κ1) is 12.7. The van der Waals surface area contributed by atoms with Gasteiger partial charge in [0.2, 0.25) is 5.95 Å². The third kappa shape index (κ3) is 1.83. The Hall–Kier alpha value is -1.80. The van der Waals surface area contributed by atoms with Gasteiger partial charge in [0.1, 0.15) is 15.9 Å². The van der Waals surface area contributed by atoms with Gasteiger partial charge in [-0.15, -0.1) is 0 Å². The Morgan fingerprint density at radius 3 is 3.18 bits per heavy atom. The van der Waals surface area contributed by atoms with Crippen LogP contribution >= 0.6 is 11.3 Å². The maximum absolute atomic E-state index is 13.1. The summed E-state index contributed by atoms with van der Waals surface area (Å²) in [7, 11) is 0. The Kier molecular flexibility index (Phi) is 2.52. The van der Waals surface area contributed by atoms with E-state index in [1.807, 2.05) is 0 Å². The minimum absolute atomic E-state index is 0.151. The average molecular weight is 319 g/mol. The summed E-state index contributed by atoms with van der Waals surface area (Å²) in [5.74, 6) is 0.0776. The molecule has 0 amide bonds. The molecule has 5 rings (SSSR count). The highest BCUT2D eigenvalue weighted by molar-refractivity contribution is 7.21. The van der Waals surface area contributed by atoms with Crippen LogP contribution in [0.4, 0.5) is 9.52 Å². The molecule has 1 spiro atoms. The van der Waals surface area contributed by atoms with Crippen molar-refractivity contribution in [2.75, 3.05) is 31.5 Å². The predicted molar refractivity (Wildman–Crippen MR) is 81.7 cm³/mol. The zero-order chi connectivity index (χ0) is 14.7. The average Bonchev–Trinajstić information content (AvgIpc) is 3.23. The molecule has 6 nitrogen and oxygen atoms in total. The van der Waals surface area contributed by atoms with Gasteiger partial charge in [0.25, 0.3) is 6.02 Å². The quantitative estimate of drug-likeness (QED) is 0.811. The lowest BCUT2D eigenvalue weighted by Gasteiger charge is -2.31. The molecule has 2 aromatic rings. The van der Waals surface area contributed by atoms with E-state index in [1.165, 1.54) is 30.4 Å². The molecule has 8 heteroatoms. The third-order valence-electron chi connectivity index (χ3n) is 4.73.